The summed E-state index contributed by atoms with van der Waals surface area (Å²) in [6, 6.07) is -2.29. The monoisotopic (exact) mass is 427 g/mol. The summed E-state index contributed by atoms with van der Waals surface area (Å²) in [6.45, 7) is 0. The number of anilines is 1. The number of aliphatic carboxylic acids is 1. The molecule has 7 N–H and O–H groups in total. The maximum atomic E-state index is 12.3. The molecule has 2 aromatic heterocycles. The van der Waals surface area contributed by atoms with Gasteiger partial charge in [0.2, 0.25) is 5.91 Å². The van der Waals surface area contributed by atoms with E-state index in [0.717, 1.165) is 0 Å². The molecular formula is C15H21N7O6S. The predicted octanol–water partition coefficient (Wildman–Crippen LogP) is -2.67. The predicted molar refractivity (Wildman–Crippen MR) is 101 cm³/mol. The minimum absolute atomic E-state index is 0.111. The van der Waals surface area contributed by atoms with Crippen molar-refractivity contribution in [3.63, 3.8) is 0 Å². The molecule has 1 aliphatic rings. The van der Waals surface area contributed by atoms with Crippen LogP contribution >= 0.6 is 0 Å². The molecule has 0 spiro atoms. The Morgan fingerprint density at radius 1 is 1.41 bits per heavy atom. The smallest absolute Gasteiger partial charge is 0.335 e. The van der Waals surface area contributed by atoms with Crippen LogP contribution in [0.15, 0.2) is 12.7 Å². The zero-order valence-corrected chi connectivity index (χ0v) is 16.2. The highest BCUT2D eigenvalue weighted by atomic mass is 32.2. The van der Waals surface area contributed by atoms with E-state index < -0.39 is 53.2 Å². The number of carboxylic acids is 1. The molecule has 0 radical (unpaired) electrons. The Hall–Kier alpha value is -2.68. The van der Waals surface area contributed by atoms with Crippen LogP contribution in [0, 0.1) is 0 Å². The van der Waals surface area contributed by atoms with Gasteiger partial charge < -0.3 is 31.7 Å². The Balaban J connectivity index is 1.82. The summed E-state index contributed by atoms with van der Waals surface area (Å²) in [4.78, 5) is 35.9. The first-order valence-corrected chi connectivity index (χ1v) is 10.3. The molecule has 1 fully saturated rings. The molecule has 13 nitrogen and oxygen atoms in total. The molecule has 1 amide bonds. The SMILES string of the molecule is CS(=O)CC[C@H](N)C(=O)N[C@H]1[C@@H](O)[C@H](n2cnc3c(N)ncnc32)O[C@@H]1C(=O)O. The van der Waals surface area contributed by atoms with Gasteiger partial charge in [-0.3, -0.25) is 13.6 Å². The van der Waals surface area contributed by atoms with E-state index in [1.807, 2.05) is 0 Å². The summed E-state index contributed by atoms with van der Waals surface area (Å²) < 4.78 is 18.0. The van der Waals surface area contributed by atoms with Crippen LogP contribution in [-0.4, -0.2) is 82.1 Å². The largest absolute Gasteiger partial charge is 0.479 e. The molecule has 29 heavy (non-hydrogen) atoms. The van der Waals surface area contributed by atoms with Crippen molar-refractivity contribution in [2.75, 3.05) is 17.7 Å². The van der Waals surface area contributed by atoms with Crippen molar-refractivity contribution >= 4 is 39.7 Å². The van der Waals surface area contributed by atoms with Crippen molar-refractivity contribution in [2.24, 2.45) is 5.73 Å². The molecule has 1 aliphatic heterocycles. The molecule has 1 saturated heterocycles. The molecule has 1 unspecified atom stereocenters. The third-order valence-corrected chi connectivity index (χ3v) is 5.35. The molecular weight excluding hydrogens is 406 g/mol. The fourth-order valence-electron chi connectivity index (χ4n) is 3.03. The van der Waals surface area contributed by atoms with Gasteiger partial charge in [0.15, 0.2) is 23.8 Å². The first-order chi connectivity index (χ1) is 13.7. The number of nitrogens with zero attached hydrogens (tertiary/aromatic N) is 4. The standard InChI is InChI=1S/C15H21N7O6S/c1-29(27)3-2-6(16)13(24)21-7-9(23)14(28-10(7)15(25)26)22-5-20-8-11(17)18-4-19-12(8)22/h4-7,9-10,14,23H,2-3,16H2,1H3,(H,21,24)(H,25,26)(H2,17,18,19)/t6-,7-,9+,10-,14+,29?/m0/s1. The Bertz CT molecular complexity index is 952. The number of amides is 1. The Kier molecular flexibility index (Phi) is 6.07. The summed E-state index contributed by atoms with van der Waals surface area (Å²) in [7, 11) is -1.13. The number of ether oxygens (including phenoxy) is 1. The van der Waals surface area contributed by atoms with Crippen molar-refractivity contribution < 1.29 is 28.7 Å². The fraction of sp³-hybridized carbons (Fsp3) is 0.533. The lowest BCUT2D eigenvalue weighted by Crippen LogP contribution is -2.54. The molecule has 14 heteroatoms. The van der Waals surface area contributed by atoms with Crippen LogP contribution in [0.3, 0.4) is 0 Å². The molecule has 3 rings (SSSR count). The third-order valence-electron chi connectivity index (χ3n) is 4.54. The third kappa shape index (κ3) is 4.19. The van der Waals surface area contributed by atoms with Crippen LogP contribution in [0.5, 0.6) is 0 Å². The highest BCUT2D eigenvalue weighted by Crippen LogP contribution is 2.32. The summed E-state index contributed by atoms with van der Waals surface area (Å²) in [6.07, 6.45) is -0.0705. The summed E-state index contributed by atoms with van der Waals surface area (Å²) in [5.74, 6) is -1.73. The van der Waals surface area contributed by atoms with Crippen molar-refractivity contribution in [3.05, 3.63) is 12.7 Å². The number of aliphatic hydroxyl groups is 1. The number of nitrogens with two attached hydrogens (primary N) is 2. The van der Waals surface area contributed by atoms with Crippen LogP contribution < -0.4 is 16.8 Å². The number of aromatic nitrogens is 4. The maximum absolute atomic E-state index is 12.3. The molecule has 0 aliphatic carbocycles. The minimum Gasteiger partial charge on any atom is -0.479 e. The van der Waals surface area contributed by atoms with Gasteiger partial charge in [-0.15, -0.1) is 0 Å². The topological polar surface area (TPSA) is 209 Å². The van der Waals surface area contributed by atoms with Gasteiger partial charge in [-0.25, -0.2) is 19.7 Å². The lowest BCUT2D eigenvalue weighted by Gasteiger charge is -2.22. The average molecular weight is 427 g/mol. The number of rotatable bonds is 7. The highest BCUT2D eigenvalue weighted by Gasteiger charge is 2.49. The van der Waals surface area contributed by atoms with Crippen LogP contribution in [-0.2, 0) is 25.1 Å². The lowest BCUT2D eigenvalue weighted by atomic mass is 10.1. The van der Waals surface area contributed by atoms with Crippen LogP contribution in [0.25, 0.3) is 11.2 Å². The van der Waals surface area contributed by atoms with Crippen molar-refractivity contribution in [3.8, 4) is 0 Å². The van der Waals surface area contributed by atoms with Gasteiger partial charge in [0.1, 0.15) is 17.9 Å². The molecule has 0 aromatic carbocycles. The number of carbonyl (C=O) groups excluding carboxylic acids is 1. The fourth-order valence-corrected chi connectivity index (χ4v) is 3.61. The van der Waals surface area contributed by atoms with E-state index >= 15 is 0 Å². The van der Waals surface area contributed by atoms with Crippen molar-refractivity contribution in [1.29, 1.82) is 0 Å². The van der Waals surface area contributed by atoms with Crippen molar-refractivity contribution in [2.45, 2.75) is 36.9 Å². The summed E-state index contributed by atoms with van der Waals surface area (Å²) in [5.41, 5.74) is 12.0. The maximum Gasteiger partial charge on any atom is 0.335 e. The lowest BCUT2D eigenvalue weighted by molar-refractivity contribution is -0.152. The first-order valence-electron chi connectivity index (χ1n) is 8.56. The molecule has 0 bridgehead atoms. The zero-order chi connectivity index (χ0) is 21.3. The molecule has 158 valence electrons. The minimum atomic E-state index is -1.54. The number of hydrogen-bond donors (Lipinski definition) is 5. The summed E-state index contributed by atoms with van der Waals surface area (Å²) in [5, 5.41) is 22.6. The summed E-state index contributed by atoms with van der Waals surface area (Å²) >= 11 is 0. The van der Waals surface area contributed by atoms with Crippen LogP contribution in [0.1, 0.15) is 12.6 Å². The number of imidazole rings is 1. The second-order valence-electron chi connectivity index (χ2n) is 6.57. The molecule has 3 heterocycles. The average Bonchev–Trinajstić information content (AvgIpc) is 3.22. The van der Waals surface area contributed by atoms with E-state index in [4.69, 9.17) is 16.2 Å². The van der Waals surface area contributed by atoms with Crippen LogP contribution in [0.2, 0.25) is 0 Å². The molecule has 2 aromatic rings. The van der Waals surface area contributed by atoms with Gasteiger partial charge in [0, 0.05) is 22.8 Å². The quantitative estimate of drug-likeness (QED) is 0.308. The number of hydrogen-bond acceptors (Lipinski definition) is 10. The highest BCUT2D eigenvalue weighted by molar-refractivity contribution is 7.84. The van der Waals surface area contributed by atoms with Gasteiger partial charge >= 0.3 is 5.97 Å². The number of carbonyl (C=O) groups is 2. The van der Waals surface area contributed by atoms with Gasteiger partial charge in [-0.2, -0.15) is 0 Å². The van der Waals surface area contributed by atoms with Gasteiger partial charge in [0.25, 0.3) is 0 Å². The van der Waals surface area contributed by atoms with E-state index in [9.17, 15) is 24.0 Å². The Morgan fingerprint density at radius 3 is 2.79 bits per heavy atom. The number of carboxylic acid groups (broad SMARTS) is 1. The van der Waals surface area contributed by atoms with Crippen molar-refractivity contribution in [1.82, 2.24) is 24.8 Å². The number of nitrogen functional groups attached to an aromatic ring is 1. The van der Waals surface area contributed by atoms with E-state index in [2.05, 4.69) is 20.3 Å². The van der Waals surface area contributed by atoms with Gasteiger partial charge in [-0.1, -0.05) is 0 Å². The van der Waals surface area contributed by atoms with E-state index in [0.29, 0.717) is 0 Å². The first kappa shape index (κ1) is 21.0. The van der Waals surface area contributed by atoms with Crippen LogP contribution in [0.4, 0.5) is 5.82 Å². The van der Waals surface area contributed by atoms with Gasteiger partial charge in [0.05, 0.1) is 18.4 Å². The van der Waals surface area contributed by atoms with E-state index in [1.54, 1.807) is 0 Å². The second kappa shape index (κ2) is 8.36. The molecule has 0 saturated carbocycles. The van der Waals surface area contributed by atoms with E-state index in [1.165, 1.54) is 23.5 Å². The zero-order valence-electron chi connectivity index (χ0n) is 15.3. The number of nitrogens with one attached hydrogen (secondary N) is 1. The number of fused-ring (bicyclic) bond motifs is 1. The second-order valence-corrected chi connectivity index (χ2v) is 8.12. The Morgan fingerprint density at radius 2 is 2.14 bits per heavy atom. The Labute approximate surface area is 166 Å². The number of aliphatic hydroxyl groups excluding tert-OH is 1. The van der Waals surface area contributed by atoms with Gasteiger partial charge in [-0.05, 0) is 6.42 Å². The molecule has 6 atom stereocenters. The van der Waals surface area contributed by atoms with E-state index in [-0.39, 0.29) is 29.2 Å². The normalized spacial score (nSPS) is 26.3.